The Bertz CT molecular complexity index is 601. The number of hydrogen-bond donors (Lipinski definition) is 1. The summed E-state index contributed by atoms with van der Waals surface area (Å²) in [6.45, 7) is 0.0467. The molecular weight excluding hydrogens is 254 g/mol. The highest BCUT2D eigenvalue weighted by Gasteiger charge is 2.09. The second-order valence-corrected chi connectivity index (χ2v) is 3.65. The first kappa shape index (κ1) is 12.6. The molecule has 0 spiro atoms. The molecule has 0 amide bonds. The maximum atomic E-state index is 10.6. The molecule has 0 saturated carbocycles. The zero-order chi connectivity index (χ0) is 13.8. The van der Waals surface area contributed by atoms with Gasteiger partial charge in [0.05, 0.1) is 10.5 Å². The van der Waals surface area contributed by atoms with Gasteiger partial charge in [0.25, 0.3) is 5.69 Å². The normalized spacial score (nSPS) is 10.1. The minimum atomic E-state index is -1.08. The molecule has 1 aromatic heterocycles. The zero-order valence-electron chi connectivity index (χ0n) is 9.61. The third-order valence-electron chi connectivity index (χ3n) is 2.33. The van der Waals surface area contributed by atoms with Crippen LogP contribution in [-0.4, -0.2) is 16.0 Å². The van der Waals surface area contributed by atoms with Gasteiger partial charge < -0.3 is 14.3 Å². The van der Waals surface area contributed by atoms with Crippen LogP contribution in [0.25, 0.3) is 0 Å². The van der Waals surface area contributed by atoms with E-state index in [0.29, 0.717) is 11.5 Å². The Balaban J connectivity index is 1.97. The van der Waals surface area contributed by atoms with Gasteiger partial charge in [-0.2, -0.15) is 0 Å². The fourth-order valence-electron chi connectivity index (χ4n) is 1.39. The van der Waals surface area contributed by atoms with E-state index in [1.165, 1.54) is 30.3 Å². The van der Waals surface area contributed by atoms with Crippen molar-refractivity contribution < 1.29 is 24.0 Å². The second-order valence-electron chi connectivity index (χ2n) is 3.65. The lowest BCUT2D eigenvalue weighted by Gasteiger charge is -2.03. The molecule has 2 rings (SSSR count). The number of benzene rings is 1. The van der Waals surface area contributed by atoms with E-state index in [4.69, 9.17) is 14.3 Å². The molecule has 98 valence electrons. The van der Waals surface area contributed by atoms with Crippen molar-refractivity contribution in [1.82, 2.24) is 0 Å². The lowest BCUT2D eigenvalue weighted by molar-refractivity contribution is -0.384. The van der Waals surface area contributed by atoms with Crippen LogP contribution in [0.3, 0.4) is 0 Å². The van der Waals surface area contributed by atoms with Crippen molar-refractivity contribution in [1.29, 1.82) is 0 Å². The molecule has 19 heavy (non-hydrogen) atoms. The van der Waals surface area contributed by atoms with Gasteiger partial charge in [-0.1, -0.05) is 0 Å². The minimum absolute atomic E-state index is 0.0292. The van der Waals surface area contributed by atoms with Gasteiger partial charge in [-0.3, -0.25) is 10.1 Å². The van der Waals surface area contributed by atoms with Crippen LogP contribution in [0.2, 0.25) is 0 Å². The number of aromatic carboxylic acids is 1. The summed E-state index contributed by atoms with van der Waals surface area (Å²) < 4.78 is 10.3. The molecule has 0 bridgehead atoms. The standard InChI is InChI=1S/C12H9NO6/c14-12(15)8-5-11(18-6-8)7-19-10-3-1-9(2-4-10)13(16)17/h1-6H,7H2,(H,14,15). The highest BCUT2D eigenvalue weighted by Crippen LogP contribution is 2.19. The number of rotatable bonds is 5. The fraction of sp³-hybridized carbons (Fsp3) is 0.0833. The first-order valence-electron chi connectivity index (χ1n) is 5.24. The Morgan fingerprint density at radius 3 is 2.58 bits per heavy atom. The van der Waals surface area contributed by atoms with Crippen LogP contribution in [0.4, 0.5) is 5.69 Å². The number of carboxylic acids is 1. The van der Waals surface area contributed by atoms with E-state index >= 15 is 0 Å². The second kappa shape index (κ2) is 5.21. The van der Waals surface area contributed by atoms with E-state index in [0.717, 1.165) is 6.26 Å². The number of carbonyl (C=O) groups is 1. The molecular formula is C12H9NO6. The number of non-ortho nitro benzene ring substituents is 1. The minimum Gasteiger partial charge on any atom is -0.486 e. The van der Waals surface area contributed by atoms with Gasteiger partial charge in [-0.15, -0.1) is 0 Å². The van der Waals surface area contributed by atoms with Crippen LogP contribution in [0.1, 0.15) is 16.1 Å². The SMILES string of the molecule is O=C(O)c1coc(COc2ccc([N+](=O)[O-])cc2)c1. The van der Waals surface area contributed by atoms with Crippen LogP contribution in [0.5, 0.6) is 5.75 Å². The number of furan rings is 1. The lowest BCUT2D eigenvalue weighted by Crippen LogP contribution is -1.95. The van der Waals surface area contributed by atoms with E-state index < -0.39 is 10.9 Å². The summed E-state index contributed by atoms with van der Waals surface area (Å²) in [5, 5.41) is 19.2. The summed E-state index contributed by atoms with van der Waals surface area (Å²) in [4.78, 5) is 20.6. The fourth-order valence-corrected chi connectivity index (χ4v) is 1.39. The molecule has 1 heterocycles. The van der Waals surface area contributed by atoms with Crippen molar-refractivity contribution in [2.75, 3.05) is 0 Å². The summed E-state index contributed by atoms with van der Waals surface area (Å²) in [5.41, 5.74) is 0.0146. The third-order valence-corrected chi connectivity index (χ3v) is 2.33. The average Bonchev–Trinajstić information content (AvgIpc) is 2.86. The molecule has 1 N–H and O–H groups in total. The van der Waals surface area contributed by atoms with E-state index in [9.17, 15) is 14.9 Å². The first-order chi connectivity index (χ1) is 9.06. The van der Waals surface area contributed by atoms with Crippen LogP contribution in [-0.2, 0) is 6.61 Å². The Kier molecular flexibility index (Phi) is 3.46. The molecule has 2 aromatic rings. The molecule has 1 aromatic carbocycles. The van der Waals surface area contributed by atoms with E-state index in [-0.39, 0.29) is 17.9 Å². The van der Waals surface area contributed by atoms with E-state index in [1.807, 2.05) is 0 Å². The van der Waals surface area contributed by atoms with Gasteiger partial charge in [-0.25, -0.2) is 4.79 Å². The number of carboxylic acid groups (broad SMARTS) is 1. The Labute approximate surface area is 107 Å². The van der Waals surface area contributed by atoms with Crippen LogP contribution in [0, 0.1) is 10.1 Å². The number of nitrogens with zero attached hydrogens (tertiary/aromatic N) is 1. The number of ether oxygens (including phenoxy) is 1. The first-order valence-corrected chi connectivity index (χ1v) is 5.24. The van der Waals surface area contributed by atoms with Crippen molar-refractivity contribution >= 4 is 11.7 Å². The van der Waals surface area contributed by atoms with E-state index in [1.54, 1.807) is 0 Å². The van der Waals surface area contributed by atoms with Crippen molar-refractivity contribution in [3.63, 3.8) is 0 Å². The summed E-state index contributed by atoms with van der Waals surface area (Å²) in [6.07, 6.45) is 1.12. The number of nitro groups is 1. The summed E-state index contributed by atoms with van der Waals surface area (Å²) in [6, 6.07) is 6.91. The highest BCUT2D eigenvalue weighted by molar-refractivity contribution is 5.87. The topological polar surface area (TPSA) is 103 Å². The van der Waals surface area contributed by atoms with Crippen molar-refractivity contribution in [3.8, 4) is 5.75 Å². The van der Waals surface area contributed by atoms with E-state index in [2.05, 4.69) is 0 Å². The Morgan fingerprint density at radius 1 is 1.37 bits per heavy atom. The predicted molar refractivity (Wildman–Crippen MR) is 63.1 cm³/mol. The molecule has 0 atom stereocenters. The molecule has 0 radical (unpaired) electrons. The van der Waals surface area contributed by atoms with Crippen molar-refractivity contribution in [2.24, 2.45) is 0 Å². The number of nitro benzene ring substituents is 1. The Hall–Kier alpha value is -2.83. The van der Waals surface area contributed by atoms with Crippen molar-refractivity contribution in [2.45, 2.75) is 6.61 Å². The number of hydrogen-bond acceptors (Lipinski definition) is 5. The quantitative estimate of drug-likeness (QED) is 0.656. The van der Waals surface area contributed by atoms with Gasteiger partial charge in [0.2, 0.25) is 0 Å². The van der Waals surface area contributed by atoms with Gasteiger partial charge in [0.15, 0.2) is 0 Å². The molecule has 0 saturated heterocycles. The smallest absolute Gasteiger partial charge is 0.338 e. The molecule has 7 nitrogen and oxygen atoms in total. The largest absolute Gasteiger partial charge is 0.486 e. The van der Waals surface area contributed by atoms with Gasteiger partial charge in [-0.05, 0) is 18.2 Å². The zero-order valence-corrected chi connectivity index (χ0v) is 9.61. The molecule has 0 aliphatic rings. The monoisotopic (exact) mass is 263 g/mol. The molecule has 0 fully saturated rings. The average molecular weight is 263 g/mol. The van der Waals surface area contributed by atoms with Gasteiger partial charge >= 0.3 is 5.97 Å². The third kappa shape index (κ3) is 3.09. The van der Waals surface area contributed by atoms with Gasteiger partial charge in [0.1, 0.15) is 24.4 Å². The lowest BCUT2D eigenvalue weighted by atomic mass is 10.3. The molecule has 0 aliphatic heterocycles. The van der Waals surface area contributed by atoms with Crippen LogP contribution in [0.15, 0.2) is 41.0 Å². The maximum absolute atomic E-state index is 10.6. The van der Waals surface area contributed by atoms with Crippen LogP contribution < -0.4 is 4.74 Å². The molecule has 0 aliphatic carbocycles. The Morgan fingerprint density at radius 2 is 2.05 bits per heavy atom. The summed E-state index contributed by atoms with van der Waals surface area (Å²) in [7, 11) is 0. The van der Waals surface area contributed by atoms with Crippen LogP contribution >= 0.6 is 0 Å². The highest BCUT2D eigenvalue weighted by atomic mass is 16.6. The summed E-state index contributed by atoms with van der Waals surface area (Å²) in [5.74, 6) is -0.292. The van der Waals surface area contributed by atoms with Gasteiger partial charge in [0, 0.05) is 12.1 Å². The predicted octanol–water partition coefficient (Wildman–Crippen LogP) is 2.47. The maximum Gasteiger partial charge on any atom is 0.338 e. The summed E-state index contributed by atoms with van der Waals surface area (Å²) >= 11 is 0. The molecule has 7 heteroatoms. The molecule has 0 unspecified atom stereocenters. The van der Waals surface area contributed by atoms with Crippen molar-refractivity contribution in [3.05, 3.63) is 58.0 Å².